The van der Waals surface area contributed by atoms with Crippen molar-refractivity contribution < 1.29 is 0 Å². The molecular formula is C49H70N4. The van der Waals surface area contributed by atoms with Crippen LogP contribution >= 0.6 is 0 Å². The van der Waals surface area contributed by atoms with E-state index in [1.54, 1.807) is 0 Å². The molecule has 0 aromatic heterocycles. The van der Waals surface area contributed by atoms with Crippen molar-refractivity contribution in [2.24, 2.45) is 11.8 Å². The molecule has 0 radical (unpaired) electrons. The van der Waals surface area contributed by atoms with Gasteiger partial charge in [-0.15, -0.1) is 0 Å². The summed E-state index contributed by atoms with van der Waals surface area (Å²) in [4.78, 5) is 8.40. The van der Waals surface area contributed by atoms with Crippen LogP contribution in [0.1, 0.15) is 100 Å². The summed E-state index contributed by atoms with van der Waals surface area (Å²) in [6.07, 6.45) is 7.33. The molecule has 2 heterocycles. The molecule has 2 aliphatic rings. The van der Waals surface area contributed by atoms with Crippen molar-refractivity contribution >= 4 is 10.8 Å². The van der Waals surface area contributed by atoms with Gasteiger partial charge in [0.25, 0.3) is 0 Å². The minimum absolute atomic E-state index is 0.521. The highest BCUT2D eigenvalue weighted by atomic mass is 15.3. The number of piperazine rings is 2. The largest absolute Gasteiger partial charge is 0.314 e. The topological polar surface area (TPSA) is 21.8 Å². The van der Waals surface area contributed by atoms with Crippen LogP contribution in [-0.4, -0.2) is 85.7 Å². The van der Waals surface area contributed by atoms with Crippen molar-refractivity contribution in [2.45, 2.75) is 104 Å². The third-order valence-electron chi connectivity index (χ3n) is 12.1. The van der Waals surface area contributed by atoms with Gasteiger partial charge in [0.2, 0.25) is 0 Å². The fraction of sp³-hybridized carbons (Fsp3) is 0.551. The zero-order chi connectivity index (χ0) is 37.2. The quantitative estimate of drug-likeness (QED) is 0.110. The predicted octanol–water partition coefficient (Wildman–Crippen LogP) is 9.82. The highest BCUT2D eigenvalue weighted by Crippen LogP contribution is 2.26. The molecule has 1 N–H and O–H groups in total. The maximum atomic E-state index is 3.72. The van der Waals surface area contributed by atoms with Crippen LogP contribution in [0.4, 0.5) is 0 Å². The summed E-state index contributed by atoms with van der Waals surface area (Å²) in [6.45, 7) is 24.5. The first kappa shape index (κ1) is 39.7. The molecule has 2 unspecified atom stereocenters. The Labute approximate surface area is 323 Å². The Morgan fingerprint density at radius 1 is 0.604 bits per heavy atom. The van der Waals surface area contributed by atoms with Crippen LogP contribution < -0.4 is 5.32 Å². The fourth-order valence-electron chi connectivity index (χ4n) is 9.10. The van der Waals surface area contributed by atoms with Crippen LogP contribution in [-0.2, 0) is 19.3 Å². The number of benzene rings is 4. The van der Waals surface area contributed by atoms with E-state index in [4.69, 9.17) is 0 Å². The van der Waals surface area contributed by atoms with E-state index in [0.29, 0.717) is 35.8 Å². The summed E-state index contributed by atoms with van der Waals surface area (Å²) in [5.74, 6) is 2.49. The van der Waals surface area contributed by atoms with Gasteiger partial charge in [0.15, 0.2) is 0 Å². The van der Waals surface area contributed by atoms with Gasteiger partial charge in [0, 0.05) is 64.4 Å². The van der Waals surface area contributed by atoms with E-state index in [2.05, 4.69) is 153 Å². The van der Waals surface area contributed by atoms with E-state index in [9.17, 15) is 0 Å². The molecule has 6 rings (SSSR count). The summed E-state index contributed by atoms with van der Waals surface area (Å²) in [7, 11) is 0. The van der Waals surface area contributed by atoms with Gasteiger partial charge in [0.05, 0.1) is 0 Å². The second-order valence-electron chi connectivity index (χ2n) is 17.7. The zero-order valence-electron chi connectivity index (χ0n) is 34.1. The van der Waals surface area contributed by atoms with Gasteiger partial charge >= 0.3 is 0 Å². The maximum absolute atomic E-state index is 3.72. The van der Waals surface area contributed by atoms with Crippen molar-refractivity contribution in [3.05, 3.63) is 119 Å². The van der Waals surface area contributed by atoms with Crippen molar-refractivity contribution in [1.82, 2.24) is 20.0 Å². The summed E-state index contributed by atoms with van der Waals surface area (Å²) < 4.78 is 0. The lowest BCUT2D eigenvalue weighted by Gasteiger charge is -2.43. The summed E-state index contributed by atoms with van der Waals surface area (Å²) >= 11 is 0. The van der Waals surface area contributed by atoms with Crippen LogP contribution in [0.5, 0.6) is 0 Å². The Balaban J connectivity index is 1.03. The highest BCUT2D eigenvalue weighted by Gasteiger charge is 2.29. The van der Waals surface area contributed by atoms with Gasteiger partial charge in [-0.2, -0.15) is 0 Å². The summed E-state index contributed by atoms with van der Waals surface area (Å²) in [5, 5.41) is 6.42. The van der Waals surface area contributed by atoms with Crippen molar-refractivity contribution in [1.29, 1.82) is 0 Å². The van der Waals surface area contributed by atoms with Crippen LogP contribution in [0, 0.1) is 11.8 Å². The molecule has 4 aromatic carbocycles. The summed E-state index contributed by atoms with van der Waals surface area (Å²) in [5.41, 5.74) is 7.36. The third kappa shape index (κ3) is 11.7. The van der Waals surface area contributed by atoms with Gasteiger partial charge in [-0.05, 0) is 101 Å². The first-order valence-electron chi connectivity index (χ1n) is 21.3. The molecular weight excluding hydrogens is 645 g/mol. The number of unbranched alkanes of at least 4 members (excludes halogenated alkanes) is 1. The van der Waals surface area contributed by atoms with Crippen LogP contribution in [0.25, 0.3) is 10.8 Å². The van der Waals surface area contributed by atoms with Crippen LogP contribution in [0.3, 0.4) is 0 Å². The molecule has 4 heteroatoms. The van der Waals surface area contributed by atoms with Gasteiger partial charge < -0.3 is 10.2 Å². The highest BCUT2D eigenvalue weighted by molar-refractivity contribution is 5.83. The minimum Gasteiger partial charge on any atom is -0.314 e. The predicted molar refractivity (Wildman–Crippen MR) is 228 cm³/mol. The first-order valence-corrected chi connectivity index (χ1v) is 21.3. The average molecular weight is 715 g/mol. The van der Waals surface area contributed by atoms with E-state index in [0.717, 1.165) is 52.1 Å². The Hall–Kier alpha value is -3.02. The van der Waals surface area contributed by atoms with Crippen molar-refractivity contribution in [3.8, 4) is 0 Å². The molecule has 0 amide bonds. The third-order valence-corrected chi connectivity index (χ3v) is 12.1. The summed E-state index contributed by atoms with van der Waals surface area (Å²) in [6, 6.07) is 36.2. The smallest absolute Gasteiger partial charge is 0.0264 e. The lowest BCUT2D eigenvalue weighted by atomic mass is 9.94. The second-order valence-corrected chi connectivity index (χ2v) is 17.7. The number of fused-ring (bicyclic) bond motifs is 1. The second kappa shape index (κ2) is 19.5. The number of nitrogens with one attached hydrogen (secondary N) is 1. The Bertz CT molecular complexity index is 1660. The molecule has 4 aromatic rings. The van der Waals surface area contributed by atoms with E-state index in [1.165, 1.54) is 83.9 Å². The molecule has 0 spiro atoms. The first-order chi connectivity index (χ1) is 25.7. The molecule has 2 saturated heterocycles. The molecule has 2 fully saturated rings. The standard InChI is InChI=1S/C49H70N4/c1-37(2)29-41-14-19-44(20-15-41)39(5)34-52-26-24-50-33-48(52)13-9-10-25-51-27-28-53(35-40(6)45-21-16-42(17-22-45)30-38(3)4)49(36-51)32-43-18-23-46-11-7-8-12-47(46)31-43/h7-8,11-12,14-23,31,37-40,48-50H,9-10,13,24-30,32-36H2,1-6H3/t39?,40?,48-,49-/m0/s1. The van der Waals surface area contributed by atoms with Gasteiger partial charge in [-0.1, -0.05) is 139 Å². The molecule has 0 aliphatic carbocycles. The van der Waals surface area contributed by atoms with Gasteiger partial charge in [-0.3, -0.25) is 9.80 Å². The molecule has 53 heavy (non-hydrogen) atoms. The van der Waals surface area contributed by atoms with Gasteiger partial charge in [0.1, 0.15) is 0 Å². The lowest BCUT2D eigenvalue weighted by molar-refractivity contribution is 0.0684. The van der Waals surface area contributed by atoms with Crippen molar-refractivity contribution in [2.75, 3.05) is 58.9 Å². The van der Waals surface area contributed by atoms with E-state index < -0.39 is 0 Å². The van der Waals surface area contributed by atoms with Crippen LogP contribution in [0.15, 0.2) is 91.0 Å². The van der Waals surface area contributed by atoms with E-state index in [1.807, 2.05) is 0 Å². The zero-order valence-corrected chi connectivity index (χ0v) is 34.1. The molecule has 0 bridgehead atoms. The molecule has 0 saturated carbocycles. The lowest BCUT2D eigenvalue weighted by Crippen LogP contribution is -2.55. The normalized spacial score (nSPS) is 20.4. The molecule has 286 valence electrons. The average Bonchev–Trinajstić information content (AvgIpc) is 3.15. The SMILES string of the molecule is CC(C)Cc1ccc(C(C)CN2CCNC[C@@H]2CCCCN2CCN(CC(C)c3ccc(CC(C)C)cc3)[C@@H](Cc3ccc4ccccc4c3)C2)cc1. The number of hydrogen-bond acceptors (Lipinski definition) is 4. The van der Waals surface area contributed by atoms with E-state index >= 15 is 0 Å². The minimum atomic E-state index is 0.521. The number of nitrogens with zero attached hydrogens (tertiary/aromatic N) is 3. The van der Waals surface area contributed by atoms with E-state index in [-0.39, 0.29) is 0 Å². The Morgan fingerprint density at radius 3 is 1.81 bits per heavy atom. The fourth-order valence-corrected chi connectivity index (χ4v) is 9.10. The van der Waals surface area contributed by atoms with Gasteiger partial charge in [-0.25, -0.2) is 0 Å². The van der Waals surface area contributed by atoms with Crippen molar-refractivity contribution in [3.63, 3.8) is 0 Å². The monoisotopic (exact) mass is 715 g/mol. The molecule has 4 atom stereocenters. The number of hydrogen-bond donors (Lipinski definition) is 1. The Morgan fingerprint density at radius 2 is 1.19 bits per heavy atom. The molecule has 2 aliphatic heterocycles. The number of rotatable bonds is 17. The Kier molecular flexibility index (Phi) is 14.6. The van der Waals surface area contributed by atoms with Crippen LogP contribution in [0.2, 0.25) is 0 Å². The molecule has 4 nitrogen and oxygen atoms in total. The maximum Gasteiger partial charge on any atom is 0.0264 e.